The lowest BCUT2D eigenvalue weighted by Gasteiger charge is -2.52. The smallest absolute Gasteiger partial charge is 0.285 e. The number of hydroxylamine groups is 2. The van der Waals surface area contributed by atoms with Crippen LogP contribution in [-0.2, 0) is 16.0 Å². The number of hydrogen-bond acceptors (Lipinski definition) is 4. The molecule has 4 rings (SSSR count). The zero-order chi connectivity index (χ0) is 19.0. The van der Waals surface area contributed by atoms with Crippen molar-refractivity contribution in [2.45, 2.75) is 57.4 Å². The third-order valence-corrected chi connectivity index (χ3v) is 6.62. The van der Waals surface area contributed by atoms with Gasteiger partial charge in [-0.1, -0.05) is 13.0 Å². The van der Waals surface area contributed by atoms with E-state index in [1.807, 2.05) is 6.07 Å². The largest absolute Gasteiger partial charge is 0.627 e. The number of hydrogen-bond donors (Lipinski definition) is 2. The minimum atomic E-state index is -0.718. The zero-order valence-corrected chi connectivity index (χ0v) is 16.0. The van der Waals surface area contributed by atoms with Crippen molar-refractivity contribution in [3.63, 3.8) is 0 Å². The second kappa shape index (κ2) is 7.34. The number of carbonyl (C=O) groups is 2. The quantitative estimate of drug-likeness (QED) is 0.485. The molecule has 2 saturated heterocycles. The molecule has 2 N–H and O–H groups in total. The minimum Gasteiger partial charge on any atom is -0.627 e. The first-order chi connectivity index (χ1) is 13.0. The van der Waals surface area contributed by atoms with Crippen LogP contribution >= 0.6 is 0 Å². The lowest BCUT2D eigenvalue weighted by Crippen LogP contribution is -2.63. The molecule has 6 heteroatoms. The summed E-state index contributed by atoms with van der Waals surface area (Å²) in [7, 11) is 0. The van der Waals surface area contributed by atoms with Crippen molar-refractivity contribution < 1.29 is 9.59 Å². The van der Waals surface area contributed by atoms with Crippen LogP contribution in [0.1, 0.15) is 56.1 Å². The first kappa shape index (κ1) is 18.6. The molecule has 2 fully saturated rings. The number of piperidine rings is 2. The van der Waals surface area contributed by atoms with E-state index < -0.39 is 16.6 Å². The van der Waals surface area contributed by atoms with Gasteiger partial charge in [0.15, 0.2) is 6.04 Å². The van der Waals surface area contributed by atoms with Crippen molar-refractivity contribution in [2.24, 2.45) is 5.92 Å². The van der Waals surface area contributed by atoms with Gasteiger partial charge in [0.05, 0.1) is 6.54 Å². The predicted molar refractivity (Wildman–Crippen MR) is 105 cm³/mol. The van der Waals surface area contributed by atoms with E-state index in [4.69, 9.17) is 0 Å². The van der Waals surface area contributed by atoms with E-state index >= 15 is 0 Å². The maximum absolute atomic E-state index is 13.8. The van der Waals surface area contributed by atoms with Crippen LogP contribution in [0.15, 0.2) is 18.2 Å². The second-order valence-corrected chi connectivity index (χ2v) is 8.47. The van der Waals surface area contributed by atoms with Crippen LogP contribution in [0.3, 0.4) is 0 Å². The van der Waals surface area contributed by atoms with Gasteiger partial charge >= 0.3 is 0 Å². The van der Waals surface area contributed by atoms with Crippen LogP contribution in [0.4, 0.5) is 5.69 Å². The van der Waals surface area contributed by atoms with E-state index in [1.54, 1.807) is 0 Å². The van der Waals surface area contributed by atoms with Crippen LogP contribution in [0.25, 0.3) is 0 Å². The molecule has 0 spiro atoms. The summed E-state index contributed by atoms with van der Waals surface area (Å²) in [6, 6.07) is 5.52. The van der Waals surface area contributed by atoms with Crippen LogP contribution in [0, 0.1) is 11.1 Å². The molecule has 1 aromatic carbocycles. The highest BCUT2D eigenvalue weighted by Crippen LogP contribution is 2.42. The molecule has 3 aliphatic heterocycles. The Morgan fingerprint density at radius 1 is 1.15 bits per heavy atom. The summed E-state index contributed by atoms with van der Waals surface area (Å²) in [5.41, 5.74) is 3.11. The maximum Gasteiger partial charge on any atom is 0.285 e. The van der Waals surface area contributed by atoms with Crippen molar-refractivity contribution in [1.82, 2.24) is 15.3 Å². The Morgan fingerprint density at radius 2 is 1.93 bits per heavy atom. The molecular weight excluding hydrogens is 342 g/mol. The van der Waals surface area contributed by atoms with Crippen LogP contribution in [0.5, 0.6) is 0 Å². The number of nitrogens with zero attached hydrogens (tertiary/aromatic N) is 1. The normalized spacial score (nSPS) is 32.1. The first-order valence-corrected chi connectivity index (χ1v) is 10.2. The van der Waals surface area contributed by atoms with Gasteiger partial charge in [-0.2, -0.15) is 0 Å². The molecule has 0 bridgehead atoms. The van der Waals surface area contributed by atoms with Crippen molar-refractivity contribution >= 4 is 17.5 Å². The fourth-order valence-corrected chi connectivity index (χ4v) is 4.95. The van der Waals surface area contributed by atoms with Gasteiger partial charge in [-0.05, 0) is 55.8 Å². The number of fused-ring (bicyclic) bond motifs is 1. The van der Waals surface area contributed by atoms with Crippen LogP contribution in [0.2, 0.25) is 0 Å². The molecule has 3 unspecified atom stereocenters. The zero-order valence-electron chi connectivity index (χ0n) is 16.0. The molecule has 2 amide bonds. The van der Waals surface area contributed by atoms with Gasteiger partial charge in [0.25, 0.3) is 5.91 Å². The summed E-state index contributed by atoms with van der Waals surface area (Å²) < 4.78 is -0.619. The molecule has 146 valence electrons. The summed E-state index contributed by atoms with van der Waals surface area (Å²) in [5, 5.41) is 19.6. The SMILES string of the molecule is CC1CC[N+]([O-])(C2CCC(=O)NC2=O)c2ccc(CC3CCNCC3)cc21. The van der Waals surface area contributed by atoms with Gasteiger partial charge in [-0.25, -0.2) is 0 Å². The number of nitrogens with one attached hydrogen (secondary N) is 2. The van der Waals surface area contributed by atoms with Crippen LogP contribution < -0.4 is 15.3 Å². The standard InChI is InChI=1S/C21H29N3O3/c1-14-8-11-24(27,19-4-5-20(25)23-21(19)26)18-3-2-16(13-17(14)18)12-15-6-9-22-10-7-15/h2-3,13-15,19,22H,4-12H2,1H3,(H,23,25,26). The van der Waals surface area contributed by atoms with Crippen molar-refractivity contribution in [2.75, 3.05) is 19.6 Å². The van der Waals surface area contributed by atoms with Gasteiger partial charge in [-0.15, -0.1) is 0 Å². The molecule has 0 aliphatic carbocycles. The summed E-state index contributed by atoms with van der Waals surface area (Å²) in [6.07, 6.45) is 4.80. The predicted octanol–water partition coefficient (Wildman–Crippen LogP) is 2.35. The Bertz CT molecular complexity index is 744. The number of rotatable bonds is 3. The Hall–Kier alpha value is -1.76. The molecule has 0 radical (unpaired) electrons. The fourth-order valence-electron chi connectivity index (χ4n) is 4.95. The Balaban J connectivity index is 1.62. The molecule has 3 heterocycles. The summed E-state index contributed by atoms with van der Waals surface area (Å²) in [4.78, 5) is 23.9. The van der Waals surface area contributed by atoms with Gasteiger partial charge in [0.1, 0.15) is 5.69 Å². The van der Waals surface area contributed by atoms with Gasteiger partial charge in [0, 0.05) is 30.9 Å². The summed E-state index contributed by atoms with van der Waals surface area (Å²) in [6.45, 7) is 4.74. The highest BCUT2D eigenvalue weighted by Gasteiger charge is 2.44. The van der Waals surface area contributed by atoms with E-state index in [0.29, 0.717) is 24.8 Å². The van der Waals surface area contributed by atoms with E-state index in [0.717, 1.165) is 37.2 Å². The Kier molecular flexibility index (Phi) is 5.05. The molecule has 27 heavy (non-hydrogen) atoms. The average molecular weight is 371 g/mol. The highest BCUT2D eigenvalue weighted by atomic mass is 16.5. The highest BCUT2D eigenvalue weighted by molar-refractivity contribution is 6.01. The number of benzene rings is 1. The van der Waals surface area contributed by atoms with Crippen molar-refractivity contribution in [3.05, 3.63) is 34.5 Å². The van der Waals surface area contributed by atoms with Crippen LogP contribution in [-0.4, -0.2) is 37.5 Å². The van der Waals surface area contributed by atoms with Gasteiger partial charge in [0.2, 0.25) is 5.91 Å². The number of quaternary nitrogens is 1. The molecule has 3 aliphatic rings. The van der Waals surface area contributed by atoms with E-state index in [1.165, 1.54) is 18.4 Å². The molecule has 0 saturated carbocycles. The lowest BCUT2D eigenvalue weighted by atomic mass is 9.85. The average Bonchev–Trinajstić information content (AvgIpc) is 2.66. The second-order valence-electron chi connectivity index (χ2n) is 8.47. The third kappa shape index (κ3) is 3.53. The molecular formula is C21H29N3O3. The molecule has 1 aromatic rings. The molecule has 3 atom stereocenters. The number of amides is 2. The minimum absolute atomic E-state index is 0.247. The first-order valence-electron chi connectivity index (χ1n) is 10.2. The van der Waals surface area contributed by atoms with E-state index in [-0.39, 0.29) is 12.3 Å². The van der Waals surface area contributed by atoms with E-state index in [2.05, 4.69) is 29.7 Å². The van der Waals surface area contributed by atoms with Gasteiger partial charge in [-0.3, -0.25) is 14.9 Å². The fraction of sp³-hybridized carbons (Fsp3) is 0.619. The molecule has 0 aromatic heterocycles. The van der Waals surface area contributed by atoms with Crippen molar-refractivity contribution in [3.8, 4) is 0 Å². The lowest BCUT2D eigenvalue weighted by molar-refractivity contribution is -0.136. The Morgan fingerprint density at radius 3 is 2.67 bits per heavy atom. The summed E-state index contributed by atoms with van der Waals surface area (Å²) >= 11 is 0. The van der Waals surface area contributed by atoms with Gasteiger partial charge < -0.3 is 15.2 Å². The van der Waals surface area contributed by atoms with E-state index in [9.17, 15) is 14.8 Å². The van der Waals surface area contributed by atoms with Crippen molar-refractivity contribution in [1.29, 1.82) is 0 Å². The number of carbonyl (C=O) groups excluding carboxylic acids is 2. The summed E-state index contributed by atoms with van der Waals surface area (Å²) in [5.74, 6) is 0.331. The monoisotopic (exact) mass is 371 g/mol. The topological polar surface area (TPSA) is 81.3 Å². The Labute approximate surface area is 160 Å². The third-order valence-electron chi connectivity index (χ3n) is 6.62. The number of imide groups is 1. The molecule has 6 nitrogen and oxygen atoms in total. The maximum atomic E-state index is 13.8.